The molecule has 2 rings (SSSR count). The molecule has 0 aliphatic rings. The number of nitrogens with zero attached hydrogens (tertiary/aromatic N) is 3. The van der Waals surface area contributed by atoms with Crippen LogP contribution < -0.4 is 14.8 Å². The third kappa shape index (κ3) is 6.78. The first-order chi connectivity index (χ1) is 13.7. The van der Waals surface area contributed by atoms with Crippen molar-refractivity contribution in [3.8, 4) is 11.5 Å². The smallest absolute Gasteiger partial charge is 0.216 e. The van der Waals surface area contributed by atoms with Gasteiger partial charge < -0.3 is 24.1 Å². The number of halogens is 1. The molecule has 1 N–H and O–H groups in total. The first-order valence-corrected chi connectivity index (χ1v) is 9.85. The molecule has 0 saturated carbocycles. The predicted molar refractivity (Wildman–Crippen MR) is 131 cm³/mol. The number of aliphatic imine (C=N–C) groups is 1. The van der Waals surface area contributed by atoms with E-state index in [0.29, 0.717) is 19.0 Å². The quantitative estimate of drug-likeness (QED) is 0.323. The number of aryl methyl sites for hydroxylation is 1. The highest BCUT2D eigenvalue weighted by molar-refractivity contribution is 14.0. The molecule has 0 fully saturated rings. The van der Waals surface area contributed by atoms with E-state index >= 15 is 0 Å². The highest BCUT2D eigenvalue weighted by Crippen LogP contribution is 2.30. The van der Waals surface area contributed by atoms with Gasteiger partial charge in [0.15, 0.2) is 17.5 Å². The first kappa shape index (κ1) is 26.1. The Morgan fingerprint density at radius 1 is 1.20 bits per heavy atom. The number of aromatic nitrogens is 1. The summed E-state index contributed by atoms with van der Waals surface area (Å²) >= 11 is 0. The predicted octanol–water partition coefficient (Wildman–Crippen LogP) is 4.51. The summed E-state index contributed by atoms with van der Waals surface area (Å²) in [5, 5.41) is 3.33. The van der Waals surface area contributed by atoms with Gasteiger partial charge in [-0.05, 0) is 37.1 Å². The average Bonchev–Trinajstić information content (AvgIpc) is 3.15. The number of ether oxygens (including phenoxy) is 2. The monoisotopic (exact) mass is 530 g/mol. The standard InChI is InChI=1S/C22H34N4O3.HI/c1-9-23-21(25-13-20-24-12-19(29-20)22(3,4)5)26(6)14-16-11-18(28-8)17(27-7)10-15(16)2;/h10-12H,9,13-14H2,1-8H3,(H,23,25);1H. The summed E-state index contributed by atoms with van der Waals surface area (Å²) in [4.78, 5) is 11.1. The maximum absolute atomic E-state index is 5.85. The van der Waals surface area contributed by atoms with Gasteiger partial charge in [0.1, 0.15) is 12.3 Å². The summed E-state index contributed by atoms with van der Waals surface area (Å²) in [6.45, 7) is 12.2. The molecule has 168 valence electrons. The van der Waals surface area contributed by atoms with Gasteiger partial charge in [0.05, 0.1) is 20.4 Å². The third-order valence-electron chi connectivity index (χ3n) is 4.60. The molecule has 1 aromatic carbocycles. The number of hydrogen-bond acceptors (Lipinski definition) is 5. The maximum atomic E-state index is 5.85. The van der Waals surface area contributed by atoms with E-state index in [1.807, 2.05) is 26.1 Å². The van der Waals surface area contributed by atoms with Crippen molar-refractivity contribution >= 4 is 29.9 Å². The molecule has 30 heavy (non-hydrogen) atoms. The zero-order valence-electron chi connectivity index (χ0n) is 19.3. The minimum atomic E-state index is -0.0683. The molecule has 1 heterocycles. The minimum absolute atomic E-state index is 0. The lowest BCUT2D eigenvalue weighted by molar-refractivity contribution is 0.353. The summed E-state index contributed by atoms with van der Waals surface area (Å²) < 4.78 is 16.7. The van der Waals surface area contributed by atoms with Crippen molar-refractivity contribution in [2.45, 2.75) is 53.1 Å². The van der Waals surface area contributed by atoms with Crippen LogP contribution >= 0.6 is 24.0 Å². The second-order valence-electron chi connectivity index (χ2n) is 8.03. The number of benzene rings is 1. The summed E-state index contributed by atoms with van der Waals surface area (Å²) in [5.74, 6) is 3.72. The summed E-state index contributed by atoms with van der Waals surface area (Å²) in [5.41, 5.74) is 2.20. The van der Waals surface area contributed by atoms with E-state index in [9.17, 15) is 0 Å². The Morgan fingerprint density at radius 2 is 1.83 bits per heavy atom. The van der Waals surface area contributed by atoms with Crippen molar-refractivity contribution in [2.75, 3.05) is 27.8 Å². The summed E-state index contributed by atoms with van der Waals surface area (Å²) in [6.07, 6.45) is 1.79. The third-order valence-corrected chi connectivity index (χ3v) is 4.60. The van der Waals surface area contributed by atoms with Crippen LogP contribution in [0.2, 0.25) is 0 Å². The van der Waals surface area contributed by atoms with Gasteiger partial charge in [0.25, 0.3) is 0 Å². The van der Waals surface area contributed by atoms with Crippen LogP contribution in [-0.2, 0) is 18.5 Å². The van der Waals surface area contributed by atoms with Crippen LogP contribution in [0.3, 0.4) is 0 Å². The van der Waals surface area contributed by atoms with Crippen LogP contribution in [0.4, 0.5) is 0 Å². The first-order valence-electron chi connectivity index (χ1n) is 9.85. The van der Waals surface area contributed by atoms with E-state index < -0.39 is 0 Å². The Bertz CT molecular complexity index is 843. The van der Waals surface area contributed by atoms with Gasteiger partial charge in [-0.3, -0.25) is 0 Å². The van der Waals surface area contributed by atoms with Gasteiger partial charge in [-0.1, -0.05) is 20.8 Å². The van der Waals surface area contributed by atoms with E-state index in [1.165, 1.54) is 0 Å². The SMILES string of the molecule is CCNC(=NCc1ncc(C(C)(C)C)o1)N(C)Cc1cc(OC)c(OC)cc1C.I. The highest BCUT2D eigenvalue weighted by Gasteiger charge is 2.19. The van der Waals surface area contributed by atoms with Crippen molar-refractivity contribution in [1.29, 1.82) is 0 Å². The normalized spacial score (nSPS) is 11.7. The molecule has 0 aliphatic heterocycles. The Labute approximate surface area is 197 Å². The maximum Gasteiger partial charge on any atom is 0.216 e. The van der Waals surface area contributed by atoms with Gasteiger partial charge in [-0.25, -0.2) is 9.98 Å². The molecule has 7 nitrogen and oxygen atoms in total. The van der Waals surface area contributed by atoms with Crippen molar-refractivity contribution in [2.24, 2.45) is 4.99 Å². The van der Waals surface area contributed by atoms with Crippen LogP contribution in [0.15, 0.2) is 27.7 Å². The second-order valence-corrected chi connectivity index (χ2v) is 8.03. The number of rotatable bonds is 7. The molecule has 0 unspecified atom stereocenters. The Kier molecular flexibility index (Phi) is 9.93. The molecular formula is C22H35IN4O3. The molecule has 0 atom stereocenters. The lowest BCUT2D eigenvalue weighted by Gasteiger charge is -2.23. The molecule has 8 heteroatoms. The summed E-state index contributed by atoms with van der Waals surface area (Å²) in [7, 11) is 5.30. The van der Waals surface area contributed by atoms with E-state index in [-0.39, 0.29) is 29.4 Å². The molecule has 0 aliphatic carbocycles. The number of methoxy groups -OCH3 is 2. The minimum Gasteiger partial charge on any atom is -0.493 e. The van der Waals surface area contributed by atoms with Crippen molar-refractivity contribution in [3.05, 3.63) is 41.1 Å². The van der Waals surface area contributed by atoms with Crippen LogP contribution in [0.1, 0.15) is 50.5 Å². The van der Waals surface area contributed by atoms with Crippen LogP contribution in [0.5, 0.6) is 11.5 Å². The van der Waals surface area contributed by atoms with Gasteiger partial charge in [-0.2, -0.15) is 0 Å². The van der Waals surface area contributed by atoms with Gasteiger partial charge >= 0.3 is 0 Å². The Balaban J connectivity index is 0.00000450. The van der Waals surface area contributed by atoms with Gasteiger partial charge in [-0.15, -0.1) is 24.0 Å². The van der Waals surface area contributed by atoms with Crippen LogP contribution in [0.25, 0.3) is 0 Å². The highest BCUT2D eigenvalue weighted by atomic mass is 127. The van der Waals surface area contributed by atoms with Gasteiger partial charge in [0, 0.05) is 25.6 Å². The van der Waals surface area contributed by atoms with E-state index in [4.69, 9.17) is 18.9 Å². The second kappa shape index (κ2) is 11.4. The lowest BCUT2D eigenvalue weighted by atomic mass is 9.94. The van der Waals surface area contributed by atoms with E-state index in [0.717, 1.165) is 40.9 Å². The molecule has 0 spiro atoms. The van der Waals surface area contributed by atoms with Crippen molar-refractivity contribution in [3.63, 3.8) is 0 Å². The molecule has 1 aromatic heterocycles. The lowest BCUT2D eigenvalue weighted by Crippen LogP contribution is -2.38. The van der Waals surface area contributed by atoms with Crippen molar-refractivity contribution < 1.29 is 13.9 Å². The number of oxazole rings is 1. The zero-order valence-corrected chi connectivity index (χ0v) is 21.7. The molecular weight excluding hydrogens is 495 g/mol. The number of nitrogens with one attached hydrogen (secondary N) is 1. The fraction of sp³-hybridized carbons (Fsp3) is 0.545. The molecule has 0 saturated heterocycles. The van der Waals surface area contributed by atoms with Crippen LogP contribution in [0, 0.1) is 6.92 Å². The van der Waals surface area contributed by atoms with E-state index in [1.54, 1.807) is 20.4 Å². The Hall–Kier alpha value is -1.97. The van der Waals surface area contributed by atoms with Crippen LogP contribution in [-0.4, -0.2) is 43.7 Å². The van der Waals surface area contributed by atoms with E-state index in [2.05, 4.69) is 42.9 Å². The fourth-order valence-corrected chi connectivity index (χ4v) is 2.87. The molecule has 0 bridgehead atoms. The average molecular weight is 530 g/mol. The van der Waals surface area contributed by atoms with Crippen molar-refractivity contribution in [1.82, 2.24) is 15.2 Å². The number of guanidine groups is 1. The Morgan fingerprint density at radius 3 is 2.37 bits per heavy atom. The number of hydrogen-bond donors (Lipinski definition) is 1. The fourth-order valence-electron chi connectivity index (χ4n) is 2.87. The molecule has 2 aromatic rings. The van der Waals surface area contributed by atoms with Gasteiger partial charge in [0.2, 0.25) is 5.89 Å². The molecule has 0 amide bonds. The zero-order chi connectivity index (χ0) is 21.6. The summed E-state index contributed by atoms with van der Waals surface area (Å²) in [6, 6.07) is 4.00. The topological polar surface area (TPSA) is 72.1 Å². The largest absolute Gasteiger partial charge is 0.493 e. The molecule has 0 radical (unpaired) electrons.